The second-order valence-electron chi connectivity index (χ2n) is 5.20. The number of carbonyl (C=O) groups excluding carboxylic acids is 1. The van der Waals surface area contributed by atoms with Gasteiger partial charge in [-0.3, -0.25) is 4.79 Å². The third-order valence-electron chi connectivity index (χ3n) is 3.41. The van der Waals surface area contributed by atoms with Gasteiger partial charge in [0, 0.05) is 31.1 Å². The second-order valence-corrected chi connectivity index (χ2v) is 5.20. The topological polar surface area (TPSA) is 78.9 Å². The second kappa shape index (κ2) is 6.54. The van der Waals surface area contributed by atoms with Crippen LogP contribution in [0.1, 0.15) is 37.6 Å². The fourth-order valence-corrected chi connectivity index (χ4v) is 2.23. The van der Waals surface area contributed by atoms with E-state index in [1.807, 2.05) is 13.8 Å². The molecule has 1 fully saturated rings. The first kappa shape index (κ1) is 14.6. The van der Waals surface area contributed by atoms with Crippen LogP contribution in [0.25, 0.3) is 0 Å². The Morgan fingerprint density at radius 3 is 2.70 bits per heavy atom. The number of nitrogens with one attached hydrogen (secondary N) is 3. The average molecular weight is 277 g/mol. The van der Waals surface area contributed by atoms with Crippen molar-refractivity contribution in [2.45, 2.75) is 46.1 Å². The van der Waals surface area contributed by atoms with Gasteiger partial charge in [0.1, 0.15) is 17.5 Å². The Hall–Kier alpha value is -1.85. The molecule has 110 valence electrons. The number of aryl methyl sites for hydroxylation is 1. The van der Waals surface area contributed by atoms with E-state index < -0.39 is 0 Å². The summed E-state index contributed by atoms with van der Waals surface area (Å²) in [6, 6.07) is 0.236. The molecule has 2 heterocycles. The standard InChI is InChI=1S/C14H23N5O/c1-4-7-15-13-9(2)14(18-10(3)17-13)19-11-5-6-12(20)16-8-11/h11H,4-8H2,1-3H3,(H,16,20)(H2,15,17,18,19). The highest BCUT2D eigenvalue weighted by molar-refractivity contribution is 5.77. The Morgan fingerprint density at radius 2 is 2.05 bits per heavy atom. The van der Waals surface area contributed by atoms with Crippen LogP contribution in [0.3, 0.4) is 0 Å². The Bertz CT molecular complexity index is 479. The molecule has 1 aliphatic rings. The predicted octanol–water partition coefficient (Wildman–Crippen LogP) is 1.61. The van der Waals surface area contributed by atoms with Gasteiger partial charge in [-0.25, -0.2) is 9.97 Å². The largest absolute Gasteiger partial charge is 0.370 e. The number of rotatable bonds is 5. The summed E-state index contributed by atoms with van der Waals surface area (Å²) in [6.45, 7) is 7.58. The lowest BCUT2D eigenvalue weighted by atomic mass is 10.1. The number of anilines is 2. The molecule has 1 unspecified atom stereocenters. The number of nitrogens with zero attached hydrogens (tertiary/aromatic N) is 2. The lowest BCUT2D eigenvalue weighted by Gasteiger charge is -2.25. The molecule has 1 amide bonds. The maximum Gasteiger partial charge on any atom is 0.220 e. The summed E-state index contributed by atoms with van der Waals surface area (Å²) in [4.78, 5) is 20.1. The van der Waals surface area contributed by atoms with Crippen molar-refractivity contribution in [1.29, 1.82) is 0 Å². The fourth-order valence-electron chi connectivity index (χ4n) is 2.23. The zero-order chi connectivity index (χ0) is 14.5. The molecule has 1 atom stereocenters. The van der Waals surface area contributed by atoms with Crippen molar-refractivity contribution >= 4 is 17.5 Å². The van der Waals surface area contributed by atoms with Crippen molar-refractivity contribution in [2.75, 3.05) is 23.7 Å². The first-order valence-electron chi connectivity index (χ1n) is 7.22. The SMILES string of the molecule is CCCNc1nc(C)nc(NC2CCC(=O)NC2)c1C. The summed E-state index contributed by atoms with van der Waals surface area (Å²) in [7, 11) is 0. The van der Waals surface area contributed by atoms with E-state index in [0.717, 1.165) is 42.4 Å². The third kappa shape index (κ3) is 3.59. The van der Waals surface area contributed by atoms with Crippen molar-refractivity contribution in [1.82, 2.24) is 15.3 Å². The number of amides is 1. The minimum Gasteiger partial charge on any atom is -0.370 e. The number of hydrogen-bond acceptors (Lipinski definition) is 5. The molecule has 0 aromatic carbocycles. The van der Waals surface area contributed by atoms with Crippen LogP contribution >= 0.6 is 0 Å². The van der Waals surface area contributed by atoms with Gasteiger partial charge in [0.05, 0.1) is 0 Å². The normalized spacial score (nSPS) is 18.6. The Kier molecular flexibility index (Phi) is 4.76. The molecule has 0 aliphatic carbocycles. The molecule has 0 bridgehead atoms. The lowest BCUT2D eigenvalue weighted by molar-refractivity contribution is -0.122. The van der Waals surface area contributed by atoms with Gasteiger partial charge in [0.2, 0.25) is 5.91 Å². The Labute approximate surface area is 119 Å². The lowest BCUT2D eigenvalue weighted by Crippen LogP contribution is -2.42. The molecule has 6 nitrogen and oxygen atoms in total. The minimum absolute atomic E-state index is 0.129. The van der Waals surface area contributed by atoms with E-state index in [0.29, 0.717) is 13.0 Å². The van der Waals surface area contributed by atoms with Crippen LogP contribution in [0, 0.1) is 13.8 Å². The smallest absolute Gasteiger partial charge is 0.220 e. The zero-order valence-electron chi connectivity index (χ0n) is 12.4. The van der Waals surface area contributed by atoms with Crippen molar-refractivity contribution in [3.05, 3.63) is 11.4 Å². The van der Waals surface area contributed by atoms with Crippen LogP contribution in [0.2, 0.25) is 0 Å². The predicted molar refractivity (Wildman–Crippen MR) is 79.9 cm³/mol. The van der Waals surface area contributed by atoms with E-state index in [-0.39, 0.29) is 11.9 Å². The van der Waals surface area contributed by atoms with Gasteiger partial charge in [-0.2, -0.15) is 0 Å². The molecule has 2 rings (SSSR count). The van der Waals surface area contributed by atoms with Crippen LogP contribution < -0.4 is 16.0 Å². The molecule has 0 saturated carbocycles. The summed E-state index contributed by atoms with van der Waals surface area (Å²) in [6.07, 6.45) is 2.47. The molecule has 0 radical (unpaired) electrons. The minimum atomic E-state index is 0.129. The number of piperidine rings is 1. The van der Waals surface area contributed by atoms with Gasteiger partial charge in [-0.05, 0) is 26.7 Å². The summed E-state index contributed by atoms with van der Waals surface area (Å²) in [5.74, 6) is 2.62. The monoisotopic (exact) mass is 277 g/mol. The third-order valence-corrected chi connectivity index (χ3v) is 3.41. The summed E-state index contributed by atoms with van der Waals surface area (Å²) >= 11 is 0. The first-order valence-corrected chi connectivity index (χ1v) is 7.22. The van der Waals surface area contributed by atoms with Crippen LogP contribution in [0.5, 0.6) is 0 Å². The van der Waals surface area contributed by atoms with Crippen LogP contribution in [0.4, 0.5) is 11.6 Å². The van der Waals surface area contributed by atoms with Crippen molar-refractivity contribution in [3.8, 4) is 0 Å². The highest BCUT2D eigenvalue weighted by atomic mass is 16.1. The average Bonchev–Trinajstić information content (AvgIpc) is 2.43. The van der Waals surface area contributed by atoms with Crippen molar-refractivity contribution in [3.63, 3.8) is 0 Å². The molecule has 1 saturated heterocycles. The van der Waals surface area contributed by atoms with Crippen LogP contribution in [-0.2, 0) is 4.79 Å². The summed E-state index contributed by atoms with van der Waals surface area (Å²) in [5, 5.41) is 9.62. The van der Waals surface area contributed by atoms with Crippen molar-refractivity contribution in [2.24, 2.45) is 0 Å². The maximum atomic E-state index is 11.2. The quantitative estimate of drug-likeness (QED) is 0.762. The molecule has 1 aliphatic heterocycles. The van der Waals surface area contributed by atoms with E-state index in [2.05, 4.69) is 32.8 Å². The van der Waals surface area contributed by atoms with Gasteiger partial charge in [0.25, 0.3) is 0 Å². The number of carbonyl (C=O) groups is 1. The van der Waals surface area contributed by atoms with E-state index >= 15 is 0 Å². The molecule has 1 aromatic heterocycles. The first-order chi connectivity index (χ1) is 9.60. The van der Waals surface area contributed by atoms with E-state index in [1.165, 1.54) is 0 Å². The molecule has 1 aromatic rings. The van der Waals surface area contributed by atoms with Gasteiger partial charge in [-0.15, -0.1) is 0 Å². The Balaban J connectivity index is 2.10. The summed E-state index contributed by atoms with van der Waals surface area (Å²) in [5.41, 5.74) is 1.03. The molecular weight excluding hydrogens is 254 g/mol. The highest BCUT2D eigenvalue weighted by Crippen LogP contribution is 2.21. The number of aromatic nitrogens is 2. The van der Waals surface area contributed by atoms with Gasteiger partial charge in [-0.1, -0.05) is 6.92 Å². The van der Waals surface area contributed by atoms with Gasteiger partial charge in [0.15, 0.2) is 0 Å². The van der Waals surface area contributed by atoms with Gasteiger partial charge >= 0.3 is 0 Å². The fraction of sp³-hybridized carbons (Fsp3) is 0.643. The van der Waals surface area contributed by atoms with Crippen LogP contribution in [-0.4, -0.2) is 35.0 Å². The van der Waals surface area contributed by atoms with E-state index in [4.69, 9.17) is 0 Å². The Morgan fingerprint density at radius 1 is 1.30 bits per heavy atom. The summed E-state index contributed by atoms with van der Waals surface area (Å²) < 4.78 is 0. The van der Waals surface area contributed by atoms with Crippen molar-refractivity contribution < 1.29 is 4.79 Å². The molecular formula is C14H23N5O. The highest BCUT2D eigenvalue weighted by Gasteiger charge is 2.19. The molecule has 0 spiro atoms. The number of hydrogen-bond donors (Lipinski definition) is 3. The van der Waals surface area contributed by atoms with Gasteiger partial charge < -0.3 is 16.0 Å². The molecule has 6 heteroatoms. The maximum absolute atomic E-state index is 11.2. The molecule has 3 N–H and O–H groups in total. The zero-order valence-corrected chi connectivity index (χ0v) is 12.4. The molecule has 20 heavy (non-hydrogen) atoms. The van der Waals surface area contributed by atoms with E-state index in [9.17, 15) is 4.79 Å². The van der Waals surface area contributed by atoms with Crippen LogP contribution in [0.15, 0.2) is 0 Å². The van der Waals surface area contributed by atoms with E-state index in [1.54, 1.807) is 0 Å².